The SMILES string of the molecule is COC(=O)C[C@@H](N)c1cc(C#N)cc(OC)c1O.Cl. The van der Waals surface area contributed by atoms with Gasteiger partial charge in [0.1, 0.15) is 0 Å². The van der Waals surface area contributed by atoms with E-state index in [9.17, 15) is 9.90 Å². The average molecular weight is 287 g/mol. The molecular formula is C12H15ClN2O4. The molecule has 0 fully saturated rings. The number of benzene rings is 1. The van der Waals surface area contributed by atoms with Crippen LogP contribution in [0.25, 0.3) is 0 Å². The molecule has 0 heterocycles. The molecule has 0 unspecified atom stereocenters. The lowest BCUT2D eigenvalue weighted by Gasteiger charge is -2.15. The van der Waals surface area contributed by atoms with Gasteiger partial charge in [-0.15, -0.1) is 12.4 Å². The third kappa shape index (κ3) is 4.02. The summed E-state index contributed by atoms with van der Waals surface area (Å²) in [7, 11) is 2.62. The minimum absolute atomic E-state index is 0. The van der Waals surface area contributed by atoms with Crippen molar-refractivity contribution in [1.29, 1.82) is 5.26 Å². The zero-order valence-electron chi connectivity index (χ0n) is 10.5. The number of ether oxygens (including phenoxy) is 2. The van der Waals surface area contributed by atoms with E-state index in [1.54, 1.807) is 0 Å². The lowest BCUT2D eigenvalue weighted by molar-refractivity contribution is -0.141. The Balaban J connectivity index is 0.00000324. The number of phenols is 1. The van der Waals surface area contributed by atoms with Gasteiger partial charge in [-0.3, -0.25) is 4.79 Å². The number of nitrogens with two attached hydrogens (primary N) is 1. The molecule has 1 aromatic carbocycles. The highest BCUT2D eigenvalue weighted by atomic mass is 35.5. The first-order valence-electron chi connectivity index (χ1n) is 5.16. The fourth-order valence-electron chi connectivity index (χ4n) is 1.51. The van der Waals surface area contributed by atoms with E-state index in [-0.39, 0.29) is 35.9 Å². The zero-order chi connectivity index (χ0) is 13.7. The predicted octanol–water partition coefficient (Wildman–Crippen LogP) is 1.26. The summed E-state index contributed by atoms with van der Waals surface area (Å²) in [5.41, 5.74) is 6.36. The third-order valence-corrected chi connectivity index (χ3v) is 2.47. The Morgan fingerprint density at radius 2 is 2.16 bits per heavy atom. The van der Waals surface area contributed by atoms with Crippen LogP contribution in [0.5, 0.6) is 11.5 Å². The molecule has 104 valence electrons. The van der Waals surface area contributed by atoms with Crippen molar-refractivity contribution < 1.29 is 19.4 Å². The van der Waals surface area contributed by atoms with Crippen molar-refractivity contribution in [3.63, 3.8) is 0 Å². The second-order valence-corrected chi connectivity index (χ2v) is 3.61. The highest BCUT2D eigenvalue weighted by molar-refractivity contribution is 5.85. The summed E-state index contributed by atoms with van der Waals surface area (Å²) < 4.78 is 9.44. The van der Waals surface area contributed by atoms with Gasteiger partial charge in [0.15, 0.2) is 11.5 Å². The Bertz CT molecular complexity index is 499. The number of carbonyl (C=O) groups is 1. The number of hydrogen-bond acceptors (Lipinski definition) is 6. The summed E-state index contributed by atoms with van der Waals surface area (Å²) in [6.07, 6.45) is -0.0951. The van der Waals surface area contributed by atoms with E-state index in [2.05, 4.69) is 4.74 Å². The van der Waals surface area contributed by atoms with Crippen molar-refractivity contribution in [2.45, 2.75) is 12.5 Å². The number of phenolic OH excluding ortho intramolecular Hbond substituents is 1. The minimum atomic E-state index is -0.764. The summed E-state index contributed by atoms with van der Waals surface area (Å²) in [4.78, 5) is 11.1. The van der Waals surface area contributed by atoms with Crippen LogP contribution in [0.2, 0.25) is 0 Å². The van der Waals surface area contributed by atoms with Crippen LogP contribution in [0.15, 0.2) is 12.1 Å². The summed E-state index contributed by atoms with van der Waals surface area (Å²) in [5.74, 6) is -0.527. The highest BCUT2D eigenvalue weighted by Gasteiger charge is 2.19. The average Bonchev–Trinajstić information content (AvgIpc) is 2.38. The molecule has 0 bridgehead atoms. The number of methoxy groups -OCH3 is 2. The van der Waals surface area contributed by atoms with Crippen molar-refractivity contribution in [2.75, 3.05) is 14.2 Å². The van der Waals surface area contributed by atoms with E-state index in [0.29, 0.717) is 5.56 Å². The number of rotatable bonds is 4. The van der Waals surface area contributed by atoms with Gasteiger partial charge in [-0.2, -0.15) is 5.26 Å². The monoisotopic (exact) mass is 286 g/mol. The Hall–Kier alpha value is -1.97. The highest BCUT2D eigenvalue weighted by Crippen LogP contribution is 2.35. The zero-order valence-corrected chi connectivity index (χ0v) is 11.4. The van der Waals surface area contributed by atoms with Gasteiger partial charge < -0.3 is 20.3 Å². The van der Waals surface area contributed by atoms with Crippen LogP contribution in [-0.4, -0.2) is 25.3 Å². The van der Waals surface area contributed by atoms with E-state index < -0.39 is 12.0 Å². The normalized spacial score (nSPS) is 10.8. The second kappa shape index (κ2) is 7.46. The molecular weight excluding hydrogens is 272 g/mol. The molecule has 0 saturated carbocycles. The molecule has 0 amide bonds. The Morgan fingerprint density at radius 1 is 1.53 bits per heavy atom. The predicted molar refractivity (Wildman–Crippen MR) is 70.2 cm³/mol. The molecule has 0 spiro atoms. The van der Waals surface area contributed by atoms with Gasteiger partial charge in [0, 0.05) is 17.7 Å². The topological polar surface area (TPSA) is 106 Å². The number of nitriles is 1. The van der Waals surface area contributed by atoms with E-state index in [1.807, 2.05) is 6.07 Å². The van der Waals surface area contributed by atoms with E-state index in [0.717, 1.165) is 0 Å². The molecule has 1 atom stereocenters. The summed E-state index contributed by atoms with van der Waals surface area (Å²) in [6.45, 7) is 0. The quantitative estimate of drug-likeness (QED) is 0.807. The lowest BCUT2D eigenvalue weighted by atomic mass is 10.0. The first-order chi connectivity index (χ1) is 8.53. The molecule has 1 rings (SSSR count). The number of halogens is 1. The summed E-state index contributed by atoms with van der Waals surface area (Å²) in [6, 6.07) is 3.98. The third-order valence-electron chi connectivity index (χ3n) is 2.47. The van der Waals surface area contributed by atoms with Crippen molar-refractivity contribution >= 4 is 18.4 Å². The van der Waals surface area contributed by atoms with Crippen molar-refractivity contribution in [3.05, 3.63) is 23.3 Å². The minimum Gasteiger partial charge on any atom is -0.504 e. The Morgan fingerprint density at radius 3 is 2.63 bits per heavy atom. The lowest BCUT2D eigenvalue weighted by Crippen LogP contribution is -2.16. The first-order valence-corrected chi connectivity index (χ1v) is 5.16. The van der Waals surface area contributed by atoms with Gasteiger partial charge in [-0.1, -0.05) is 0 Å². The van der Waals surface area contributed by atoms with Gasteiger partial charge in [0.05, 0.1) is 32.3 Å². The van der Waals surface area contributed by atoms with Crippen LogP contribution >= 0.6 is 12.4 Å². The molecule has 3 N–H and O–H groups in total. The fourth-order valence-corrected chi connectivity index (χ4v) is 1.51. The van der Waals surface area contributed by atoms with Crippen LogP contribution in [-0.2, 0) is 9.53 Å². The summed E-state index contributed by atoms with van der Waals surface area (Å²) >= 11 is 0. The van der Waals surface area contributed by atoms with Gasteiger partial charge in [-0.25, -0.2) is 0 Å². The molecule has 0 aliphatic carbocycles. The number of hydrogen-bond donors (Lipinski definition) is 2. The number of carbonyl (C=O) groups excluding carboxylic acids is 1. The molecule has 7 heteroatoms. The molecule has 0 aliphatic rings. The van der Waals surface area contributed by atoms with E-state index in [1.165, 1.54) is 26.4 Å². The number of aromatic hydroxyl groups is 1. The first kappa shape index (κ1) is 17.0. The maximum atomic E-state index is 11.1. The van der Waals surface area contributed by atoms with E-state index in [4.69, 9.17) is 15.7 Å². The van der Waals surface area contributed by atoms with Crippen LogP contribution in [0.4, 0.5) is 0 Å². The largest absolute Gasteiger partial charge is 0.504 e. The smallest absolute Gasteiger partial charge is 0.307 e. The molecule has 0 saturated heterocycles. The molecule has 1 aromatic rings. The second-order valence-electron chi connectivity index (χ2n) is 3.61. The van der Waals surface area contributed by atoms with Crippen LogP contribution in [0.3, 0.4) is 0 Å². The van der Waals surface area contributed by atoms with Gasteiger partial charge in [0.25, 0.3) is 0 Å². The standard InChI is InChI=1S/C12H14N2O4.ClH/c1-17-10-4-7(6-13)3-8(12(10)16)9(14)5-11(15)18-2;/h3-4,9,16H,5,14H2,1-2H3;1H/t9-;/m1./s1. The molecule has 0 radical (unpaired) electrons. The molecule has 19 heavy (non-hydrogen) atoms. The van der Waals surface area contributed by atoms with Crippen molar-refractivity contribution in [3.8, 4) is 17.6 Å². The van der Waals surface area contributed by atoms with E-state index >= 15 is 0 Å². The molecule has 0 aliphatic heterocycles. The maximum absolute atomic E-state index is 11.1. The van der Waals surface area contributed by atoms with Gasteiger partial charge in [0.2, 0.25) is 0 Å². The number of esters is 1. The van der Waals surface area contributed by atoms with Gasteiger partial charge in [-0.05, 0) is 6.07 Å². The van der Waals surface area contributed by atoms with Crippen molar-refractivity contribution in [2.24, 2.45) is 5.73 Å². The van der Waals surface area contributed by atoms with Gasteiger partial charge >= 0.3 is 5.97 Å². The molecule has 0 aromatic heterocycles. The fraction of sp³-hybridized carbons (Fsp3) is 0.333. The number of nitrogens with zero attached hydrogens (tertiary/aromatic N) is 1. The molecule has 6 nitrogen and oxygen atoms in total. The Labute approximate surface area is 117 Å². The maximum Gasteiger partial charge on any atom is 0.307 e. The Kier molecular flexibility index (Phi) is 6.69. The summed E-state index contributed by atoms with van der Waals surface area (Å²) in [5, 5.41) is 18.8. The van der Waals surface area contributed by atoms with Crippen LogP contribution in [0.1, 0.15) is 23.6 Å². The van der Waals surface area contributed by atoms with Crippen LogP contribution < -0.4 is 10.5 Å². The van der Waals surface area contributed by atoms with Crippen LogP contribution in [0, 0.1) is 11.3 Å². The van der Waals surface area contributed by atoms with Crippen molar-refractivity contribution in [1.82, 2.24) is 0 Å².